The van der Waals surface area contributed by atoms with E-state index in [1.165, 1.54) is 0 Å². The molecule has 0 aliphatic carbocycles. The summed E-state index contributed by atoms with van der Waals surface area (Å²) >= 11 is 3.47. The predicted octanol–water partition coefficient (Wildman–Crippen LogP) is 4.22. The summed E-state index contributed by atoms with van der Waals surface area (Å²) in [6, 6.07) is 7.70. The first kappa shape index (κ1) is 14.7. The highest BCUT2D eigenvalue weighted by molar-refractivity contribution is 9.10. The van der Waals surface area contributed by atoms with Crippen LogP contribution in [0.15, 0.2) is 48.0 Å². The summed E-state index contributed by atoms with van der Waals surface area (Å²) in [5.74, 6) is -0.626. The lowest BCUT2D eigenvalue weighted by molar-refractivity contribution is -0.145. The van der Waals surface area contributed by atoms with Gasteiger partial charge in [0.1, 0.15) is 0 Å². The number of hydrogen-bond donors (Lipinski definition) is 0. The van der Waals surface area contributed by atoms with Crippen molar-refractivity contribution < 1.29 is 9.53 Å². The molecule has 1 rings (SSSR count). The van der Waals surface area contributed by atoms with Gasteiger partial charge in [0.15, 0.2) is 0 Å². The van der Waals surface area contributed by atoms with E-state index in [9.17, 15) is 4.79 Å². The molecule has 0 spiro atoms. The van der Waals surface area contributed by atoms with E-state index >= 15 is 0 Å². The topological polar surface area (TPSA) is 26.3 Å². The van der Waals surface area contributed by atoms with Crippen LogP contribution >= 0.6 is 15.9 Å². The maximum absolute atomic E-state index is 11.9. The molecular formula is C15H17BrO2. The van der Waals surface area contributed by atoms with Gasteiger partial charge < -0.3 is 4.74 Å². The zero-order chi connectivity index (χ0) is 13.5. The third-order valence-corrected chi connectivity index (χ3v) is 3.31. The van der Waals surface area contributed by atoms with E-state index in [1.807, 2.05) is 24.3 Å². The summed E-state index contributed by atoms with van der Waals surface area (Å²) < 4.78 is 6.00. The Hall–Kier alpha value is -1.35. The number of esters is 1. The molecule has 1 aromatic rings. The molecule has 0 aromatic heterocycles. The molecule has 0 heterocycles. The lowest BCUT2D eigenvalue weighted by Crippen LogP contribution is -2.18. The van der Waals surface area contributed by atoms with Crippen LogP contribution in [-0.4, -0.2) is 12.6 Å². The molecule has 1 unspecified atom stereocenters. The zero-order valence-corrected chi connectivity index (χ0v) is 12.1. The van der Waals surface area contributed by atoms with Crippen molar-refractivity contribution in [2.24, 2.45) is 5.92 Å². The lowest BCUT2D eigenvalue weighted by Gasteiger charge is -2.17. The van der Waals surface area contributed by atoms with Gasteiger partial charge in [-0.05, 0) is 30.5 Å². The fourth-order valence-corrected chi connectivity index (χ4v) is 2.24. The maximum Gasteiger partial charge on any atom is 0.313 e. The highest BCUT2D eigenvalue weighted by Crippen LogP contribution is 2.31. The molecule has 0 aliphatic rings. The Morgan fingerprint density at radius 2 is 2.17 bits per heavy atom. The van der Waals surface area contributed by atoms with Crippen LogP contribution in [0.3, 0.4) is 0 Å². The predicted molar refractivity (Wildman–Crippen MR) is 78.1 cm³/mol. The van der Waals surface area contributed by atoms with Gasteiger partial charge in [-0.15, -0.1) is 6.58 Å². The van der Waals surface area contributed by atoms with Crippen LogP contribution in [0.25, 0.3) is 5.57 Å². The van der Waals surface area contributed by atoms with Gasteiger partial charge in [-0.25, -0.2) is 0 Å². The van der Waals surface area contributed by atoms with Crippen LogP contribution in [0, 0.1) is 5.92 Å². The Balaban J connectivity index is 2.99. The number of benzene rings is 1. The normalized spacial score (nSPS) is 11.7. The van der Waals surface area contributed by atoms with E-state index < -0.39 is 0 Å². The smallest absolute Gasteiger partial charge is 0.313 e. The summed E-state index contributed by atoms with van der Waals surface area (Å²) in [6.45, 7) is 9.88. The van der Waals surface area contributed by atoms with Crippen LogP contribution in [0.2, 0.25) is 0 Å². The second-order valence-electron chi connectivity index (χ2n) is 3.83. The van der Waals surface area contributed by atoms with Gasteiger partial charge in [-0.1, -0.05) is 46.8 Å². The number of allylic oxidation sites excluding steroid dienone is 1. The van der Waals surface area contributed by atoms with Gasteiger partial charge in [0, 0.05) is 4.47 Å². The fraction of sp³-hybridized carbons (Fsp3) is 0.267. The van der Waals surface area contributed by atoms with Gasteiger partial charge in [0.2, 0.25) is 0 Å². The molecule has 96 valence electrons. The van der Waals surface area contributed by atoms with Crippen molar-refractivity contribution in [3.05, 3.63) is 53.5 Å². The molecule has 18 heavy (non-hydrogen) atoms. The van der Waals surface area contributed by atoms with Crippen molar-refractivity contribution in [1.82, 2.24) is 0 Å². The SMILES string of the molecule is C=CCC(C(=C)c1ccccc1Br)C(=O)OCC. The Morgan fingerprint density at radius 3 is 2.72 bits per heavy atom. The van der Waals surface area contributed by atoms with Crippen molar-refractivity contribution in [2.45, 2.75) is 13.3 Å². The molecule has 0 radical (unpaired) electrons. The zero-order valence-electron chi connectivity index (χ0n) is 10.5. The minimum absolute atomic E-state index is 0.252. The first-order chi connectivity index (χ1) is 8.61. The third-order valence-electron chi connectivity index (χ3n) is 2.61. The molecule has 0 bridgehead atoms. The molecule has 0 saturated carbocycles. The number of carbonyl (C=O) groups excluding carboxylic acids is 1. The second kappa shape index (κ2) is 7.17. The molecule has 0 N–H and O–H groups in total. The Labute approximate surface area is 116 Å². The van der Waals surface area contributed by atoms with Crippen LogP contribution in [0.4, 0.5) is 0 Å². The number of rotatable bonds is 6. The maximum atomic E-state index is 11.9. The lowest BCUT2D eigenvalue weighted by atomic mass is 9.91. The van der Waals surface area contributed by atoms with E-state index in [0.717, 1.165) is 15.6 Å². The molecular weight excluding hydrogens is 292 g/mol. The van der Waals surface area contributed by atoms with E-state index in [2.05, 4.69) is 29.1 Å². The molecule has 1 atom stereocenters. The highest BCUT2D eigenvalue weighted by atomic mass is 79.9. The number of halogens is 1. The number of hydrogen-bond acceptors (Lipinski definition) is 2. The first-order valence-corrected chi connectivity index (χ1v) is 6.62. The molecule has 2 nitrogen and oxygen atoms in total. The summed E-state index contributed by atoms with van der Waals surface area (Å²) in [5, 5.41) is 0. The Bertz CT molecular complexity index is 452. The third kappa shape index (κ3) is 3.57. The van der Waals surface area contributed by atoms with E-state index in [-0.39, 0.29) is 11.9 Å². The van der Waals surface area contributed by atoms with Crippen molar-refractivity contribution in [2.75, 3.05) is 6.61 Å². The van der Waals surface area contributed by atoms with Gasteiger partial charge >= 0.3 is 5.97 Å². The van der Waals surface area contributed by atoms with E-state index in [4.69, 9.17) is 4.74 Å². The van der Waals surface area contributed by atoms with Crippen LogP contribution in [0.5, 0.6) is 0 Å². The summed E-state index contributed by atoms with van der Waals surface area (Å²) in [4.78, 5) is 11.9. The monoisotopic (exact) mass is 308 g/mol. The highest BCUT2D eigenvalue weighted by Gasteiger charge is 2.23. The van der Waals surface area contributed by atoms with Crippen LogP contribution in [-0.2, 0) is 9.53 Å². The molecule has 1 aromatic carbocycles. The van der Waals surface area contributed by atoms with Crippen molar-refractivity contribution in [3.63, 3.8) is 0 Å². The van der Waals surface area contributed by atoms with Gasteiger partial charge in [0.25, 0.3) is 0 Å². The van der Waals surface area contributed by atoms with Gasteiger partial charge in [-0.3, -0.25) is 4.79 Å². The first-order valence-electron chi connectivity index (χ1n) is 5.83. The molecule has 3 heteroatoms. The van der Waals surface area contributed by atoms with Crippen molar-refractivity contribution >= 4 is 27.5 Å². The van der Waals surface area contributed by atoms with Crippen molar-refractivity contribution in [1.29, 1.82) is 0 Å². The van der Waals surface area contributed by atoms with Crippen molar-refractivity contribution in [3.8, 4) is 0 Å². The van der Waals surface area contributed by atoms with Gasteiger partial charge in [0.05, 0.1) is 12.5 Å². The van der Waals surface area contributed by atoms with E-state index in [1.54, 1.807) is 13.0 Å². The average molecular weight is 309 g/mol. The minimum atomic E-state index is -0.374. The Morgan fingerprint density at radius 1 is 1.50 bits per heavy atom. The molecule has 0 fully saturated rings. The quantitative estimate of drug-likeness (QED) is 0.581. The van der Waals surface area contributed by atoms with Gasteiger partial charge in [-0.2, -0.15) is 0 Å². The van der Waals surface area contributed by atoms with Crippen LogP contribution in [0.1, 0.15) is 18.9 Å². The molecule has 0 saturated heterocycles. The second-order valence-corrected chi connectivity index (χ2v) is 4.69. The standard InChI is InChI=1S/C15H17BrO2/c1-4-8-13(15(17)18-5-2)11(3)12-9-6-7-10-14(12)16/h4,6-7,9-10,13H,1,3,5,8H2,2H3. The summed E-state index contributed by atoms with van der Waals surface area (Å²) in [7, 11) is 0. The average Bonchev–Trinajstić information content (AvgIpc) is 2.36. The van der Waals surface area contributed by atoms with Crippen LogP contribution < -0.4 is 0 Å². The molecule has 0 amide bonds. The number of carbonyl (C=O) groups is 1. The number of ether oxygens (including phenoxy) is 1. The minimum Gasteiger partial charge on any atom is -0.466 e. The Kier molecular flexibility index (Phi) is 5.86. The summed E-state index contributed by atoms with van der Waals surface area (Å²) in [6.07, 6.45) is 2.24. The molecule has 0 aliphatic heterocycles. The largest absolute Gasteiger partial charge is 0.466 e. The van der Waals surface area contributed by atoms with E-state index in [0.29, 0.717) is 13.0 Å². The fourth-order valence-electron chi connectivity index (χ4n) is 1.70. The summed E-state index contributed by atoms with van der Waals surface area (Å²) in [5.41, 5.74) is 1.68.